The fourth-order valence-electron chi connectivity index (χ4n) is 1.27. The highest BCUT2D eigenvalue weighted by molar-refractivity contribution is 8.02. The van der Waals surface area contributed by atoms with Gasteiger partial charge >= 0.3 is 0 Å². The molecule has 0 amide bonds. The summed E-state index contributed by atoms with van der Waals surface area (Å²) in [7, 11) is 1.82. The Morgan fingerprint density at radius 3 is 2.79 bits per heavy atom. The summed E-state index contributed by atoms with van der Waals surface area (Å²) in [5.74, 6) is 0.771. The highest BCUT2D eigenvalue weighted by atomic mass is 32.2. The first kappa shape index (κ1) is 11.3. The SMILES string of the molecule is CNC1=N/C(SC)=C\CC/C=C\1CO. The Kier molecular flexibility index (Phi) is 4.76. The molecule has 3 nitrogen and oxygen atoms in total. The smallest absolute Gasteiger partial charge is 0.132 e. The number of likely N-dealkylation sites (N-methyl/N-ethyl adjacent to an activating group) is 1. The van der Waals surface area contributed by atoms with E-state index in [-0.39, 0.29) is 6.61 Å². The van der Waals surface area contributed by atoms with Crippen LogP contribution in [0.2, 0.25) is 0 Å². The number of aliphatic hydroxyl groups excluding tert-OH is 1. The van der Waals surface area contributed by atoms with Gasteiger partial charge in [-0.1, -0.05) is 12.2 Å². The topological polar surface area (TPSA) is 44.6 Å². The lowest BCUT2D eigenvalue weighted by Gasteiger charge is -2.11. The van der Waals surface area contributed by atoms with Crippen LogP contribution in [0.4, 0.5) is 0 Å². The van der Waals surface area contributed by atoms with E-state index in [1.165, 1.54) is 0 Å². The van der Waals surface area contributed by atoms with Gasteiger partial charge in [0.15, 0.2) is 0 Å². The highest BCUT2D eigenvalue weighted by Gasteiger charge is 2.06. The quantitative estimate of drug-likeness (QED) is 0.729. The molecule has 1 heterocycles. The molecule has 0 aromatic heterocycles. The van der Waals surface area contributed by atoms with Gasteiger partial charge in [0, 0.05) is 12.6 Å². The van der Waals surface area contributed by atoms with Crippen molar-refractivity contribution in [2.75, 3.05) is 19.9 Å². The molecule has 0 atom stereocenters. The Balaban J connectivity index is 2.96. The van der Waals surface area contributed by atoms with E-state index < -0.39 is 0 Å². The molecule has 0 saturated heterocycles. The molecule has 78 valence electrons. The minimum atomic E-state index is 0.0430. The largest absolute Gasteiger partial charge is 0.392 e. The first-order chi connectivity index (χ1) is 6.81. The summed E-state index contributed by atoms with van der Waals surface area (Å²) < 4.78 is 0. The van der Waals surface area contributed by atoms with E-state index in [1.54, 1.807) is 11.8 Å². The van der Waals surface area contributed by atoms with Gasteiger partial charge in [-0.15, -0.1) is 11.8 Å². The third-order valence-corrected chi connectivity index (χ3v) is 2.70. The molecule has 0 aromatic carbocycles. The summed E-state index contributed by atoms with van der Waals surface area (Å²) in [6.07, 6.45) is 8.10. The van der Waals surface area contributed by atoms with E-state index in [4.69, 9.17) is 5.11 Å². The Morgan fingerprint density at radius 2 is 2.21 bits per heavy atom. The molecule has 0 aliphatic carbocycles. The van der Waals surface area contributed by atoms with Gasteiger partial charge in [-0.3, -0.25) is 0 Å². The maximum absolute atomic E-state index is 9.15. The fourth-order valence-corrected chi connectivity index (χ4v) is 1.74. The van der Waals surface area contributed by atoms with Gasteiger partial charge in [-0.25, -0.2) is 4.99 Å². The molecule has 0 spiro atoms. The zero-order valence-electron chi connectivity index (χ0n) is 8.58. The van der Waals surface area contributed by atoms with E-state index in [0.717, 1.165) is 29.3 Å². The number of aliphatic imine (C=N–C) groups is 1. The summed E-state index contributed by atoms with van der Waals surface area (Å²) in [5.41, 5.74) is 0.882. The van der Waals surface area contributed by atoms with Crippen molar-refractivity contribution in [3.05, 3.63) is 22.8 Å². The lowest BCUT2D eigenvalue weighted by Crippen LogP contribution is -2.23. The molecular weight excluding hydrogens is 196 g/mol. The van der Waals surface area contributed by atoms with Crippen LogP contribution in [0.5, 0.6) is 0 Å². The molecule has 0 fully saturated rings. The molecule has 0 aromatic rings. The van der Waals surface area contributed by atoms with Crippen LogP contribution in [0, 0.1) is 0 Å². The van der Waals surface area contributed by atoms with Crippen LogP contribution < -0.4 is 5.32 Å². The van der Waals surface area contributed by atoms with Crippen LogP contribution in [0.1, 0.15) is 12.8 Å². The molecule has 0 unspecified atom stereocenters. The molecule has 1 aliphatic heterocycles. The third kappa shape index (κ3) is 2.89. The standard InChI is InChI=1S/C10H16N2OS/c1-11-10-8(7-13)5-3-4-6-9(12-10)14-2/h5-6,13H,3-4,7H2,1-2H3,(H,11,12)/b8-5-,9-6+. The van der Waals surface area contributed by atoms with Crippen LogP contribution in [0.3, 0.4) is 0 Å². The zero-order chi connectivity index (χ0) is 10.4. The van der Waals surface area contributed by atoms with E-state index in [1.807, 2.05) is 19.4 Å². The highest BCUT2D eigenvalue weighted by Crippen LogP contribution is 2.18. The van der Waals surface area contributed by atoms with Crippen molar-refractivity contribution < 1.29 is 5.11 Å². The van der Waals surface area contributed by atoms with Crippen molar-refractivity contribution >= 4 is 17.6 Å². The first-order valence-corrected chi connectivity index (χ1v) is 5.85. The Labute approximate surface area is 89.0 Å². The number of thioether (sulfide) groups is 1. The number of hydrogen-bond acceptors (Lipinski definition) is 4. The van der Waals surface area contributed by atoms with Crippen molar-refractivity contribution in [3.8, 4) is 0 Å². The zero-order valence-corrected chi connectivity index (χ0v) is 9.40. The van der Waals surface area contributed by atoms with Crippen LogP contribution in [0.15, 0.2) is 27.7 Å². The average molecular weight is 212 g/mol. The monoisotopic (exact) mass is 212 g/mol. The predicted octanol–water partition coefficient (Wildman–Crippen LogP) is 1.52. The summed E-state index contributed by atoms with van der Waals surface area (Å²) in [6, 6.07) is 0. The molecule has 0 bridgehead atoms. The van der Waals surface area contributed by atoms with Crippen molar-refractivity contribution in [3.63, 3.8) is 0 Å². The minimum Gasteiger partial charge on any atom is -0.392 e. The molecular formula is C10H16N2OS. The van der Waals surface area contributed by atoms with Crippen molar-refractivity contribution in [2.24, 2.45) is 4.99 Å². The number of nitrogens with one attached hydrogen (secondary N) is 1. The van der Waals surface area contributed by atoms with Gasteiger partial charge in [0.2, 0.25) is 0 Å². The molecule has 1 aliphatic rings. The average Bonchev–Trinajstić information content (AvgIpc) is 2.19. The lowest BCUT2D eigenvalue weighted by molar-refractivity contribution is 0.336. The van der Waals surface area contributed by atoms with Gasteiger partial charge in [0.05, 0.1) is 11.6 Å². The second-order valence-corrected chi connectivity index (χ2v) is 3.75. The van der Waals surface area contributed by atoms with Crippen LogP contribution in [0.25, 0.3) is 0 Å². The fraction of sp³-hybridized carbons (Fsp3) is 0.500. The van der Waals surface area contributed by atoms with E-state index in [0.29, 0.717) is 0 Å². The molecule has 1 rings (SSSR count). The number of allylic oxidation sites excluding steroid dienone is 2. The molecule has 2 N–H and O–H groups in total. The number of nitrogens with zero attached hydrogens (tertiary/aromatic N) is 1. The van der Waals surface area contributed by atoms with Gasteiger partial charge in [-0.05, 0) is 19.1 Å². The third-order valence-electron chi connectivity index (χ3n) is 2.02. The van der Waals surface area contributed by atoms with E-state index in [9.17, 15) is 0 Å². The second kappa shape index (κ2) is 5.88. The Hall–Kier alpha value is -0.740. The van der Waals surface area contributed by atoms with Gasteiger partial charge in [-0.2, -0.15) is 0 Å². The van der Waals surface area contributed by atoms with Gasteiger partial charge in [0.25, 0.3) is 0 Å². The number of rotatable bonds is 2. The van der Waals surface area contributed by atoms with Crippen molar-refractivity contribution in [2.45, 2.75) is 12.8 Å². The van der Waals surface area contributed by atoms with Gasteiger partial charge in [0.1, 0.15) is 5.84 Å². The maximum Gasteiger partial charge on any atom is 0.132 e. The summed E-state index contributed by atoms with van der Waals surface area (Å²) in [5, 5.41) is 13.2. The second-order valence-electron chi connectivity index (χ2n) is 2.92. The van der Waals surface area contributed by atoms with Crippen LogP contribution in [-0.2, 0) is 0 Å². The molecule has 0 radical (unpaired) electrons. The maximum atomic E-state index is 9.15. The number of amidine groups is 1. The minimum absolute atomic E-state index is 0.0430. The Morgan fingerprint density at radius 1 is 1.50 bits per heavy atom. The summed E-state index contributed by atoms with van der Waals surface area (Å²) >= 11 is 1.62. The van der Waals surface area contributed by atoms with Crippen LogP contribution in [-0.4, -0.2) is 30.9 Å². The van der Waals surface area contributed by atoms with E-state index >= 15 is 0 Å². The van der Waals surface area contributed by atoms with Crippen molar-refractivity contribution in [1.29, 1.82) is 0 Å². The van der Waals surface area contributed by atoms with Gasteiger partial charge < -0.3 is 10.4 Å². The lowest BCUT2D eigenvalue weighted by atomic mass is 10.1. The van der Waals surface area contributed by atoms with Crippen molar-refractivity contribution in [1.82, 2.24) is 5.32 Å². The molecule has 4 heteroatoms. The predicted molar refractivity (Wildman–Crippen MR) is 62.5 cm³/mol. The number of hydrogen-bond donors (Lipinski definition) is 2. The van der Waals surface area contributed by atoms with Crippen LogP contribution >= 0.6 is 11.8 Å². The van der Waals surface area contributed by atoms with E-state index in [2.05, 4.69) is 16.4 Å². The summed E-state index contributed by atoms with van der Waals surface area (Å²) in [6.45, 7) is 0.0430. The number of aliphatic hydroxyl groups is 1. The molecule has 0 saturated carbocycles. The first-order valence-electron chi connectivity index (χ1n) is 4.62. The Bertz CT molecular complexity index is 282. The summed E-state index contributed by atoms with van der Waals surface area (Å²) in [4.78, 5) is 4.43. The normalized spacial score (nSPS) is 28.6. The molecule has 14 heavy (non-hydrogen) atoms.